The number of likely N-dealkylation sites (N-methyl/N-ethyl adjacent to an activating group) is 1. The highest BCUT2D eigenvalue weighted by molar-refractivity contribution is 5.96. The number of hydrogen-bond donors (Lipinski definition) is 1. The monoisotopic (exact) mass is 396 g/mol. The number of non-ortho nitro benzene ring substituents is 1. The molecule has 0 aliphatic heterocycles. The molecule has 152 valence electrons. The van der Waals surface area contributed by atoms with E-state index < -0.39 is 4.92 Å². The number of nitrogens with zero attached hydrogens (tertiary/aromatic N) is 4. The van der Waals surface area contributed by atoms with E-state index >= 15 is 0 Å². The number of nitrogens with two attached hydrogens (primary N) is 1. The summed E-state index contributed by atoms with van der Waals surface area (Å²) < 4.78 is 3.80. The molecule has 0 bridgehead atoms. The molecule has 0 aliphatic carbocycles. The van der Waals surface area contributed by atoms with Crippen LogP contribution >= 0.6 is 0 Å². The summed E-state index contributed by atoms with van der Waals surface area (Å²) in [5.74, 6) is 0.272. The van der Waals surface area contributed by atoms with E-state index in [1.54, 1.807) is 10.6 Å². The van der Waals surface area contributed by atoms with Gasteiger partial charge < -0.3 is 4.90 Å². The summed E-state index contributed by atoms with van der Waals surface area (Å²) in [6, 6.07) is 13.6. The highest BCUT2D eigenvalue weighted by Crippen LogP contribution is 2.18. The minimum atomic E-state index is -0.503. The number of hydrogen-bond acceptors (Lipinski definition) is 5. The van der Waals surface area contributed by atoms with Crippen LogP contribution in [0.25, 0.3) is 11.0 Å². The Kier molecular flexibility index (Phi) is 6.23. The molecule has 8 nitrogen and oxygen atoms in total. The number of nitrogen functional groups attached to an aromatic ring is 1. The number of nitro groups is 1. The van der Waals surface area contributed by atoms with Gasteiger partial charge in [0, 0.05) is 24.2 Å². The number of ketones is 1. The van der Waals surface area contributed by atoms with Gasteiger partial charge in [-0.25, -0.2) is 9.13 Å². The summed E-state index contributed by atoms with van der Waals surface area (Å²) in [5, 5.41) is 11.0. The van der Waals surface area contributed by atoms with Crippen molar-refractivity contribution >= 4 is 28.5 Å². The smallest absolute Gasteiger partial charge is 0.301 e. The molecule has 0 atom stereocenters. The molecule has 0 saturated heterocycles. The Morgan fingerprint density at radius 1 is 1.17 bits per heavy atom. The van der Waals surface area contributed by atoms with E-state index in [1.807, 2.05) is 28.8 Å². The van der Waals surface area contributed by atoms with Crippen LogP contribution in [0.15, 0.2) is 48.5 Å². The standard InChI is InChI=1S/C21H25N5O3/c1-3-23(4-2)12-13-24-18-10-5-6-11-19(18)25(21(24)22)15-20(27)16-8-7-9-17(14-16)26(28)29/h5-11,14,22H,3-4,12-13,15H2,1-2H3/p+1. The second-order valence-corrected chi connectivity index (χ2v) is 6.84. The molecular formula is C21H26N5O3+. The average Bonchev–Trinajstić information content (AvgIpc) is 3.00. The third-order valence-electron chi connectivity index (χ3n) is 5.23. The lowest BCUT2D eigenvalue weighted by molar-refractivity contribution is -0.642. The molecule has 1 heterocycles. The van der Waals surface area contributed by atoms with Crippen LogP contribution in [0, 0.1) is 10.1 Å². The summed E-state index contributed by atoms with van der Waals surface area (Å²) in [7, 11) is 0. The maximum Gasteiger partial charge on any atom is 0.356 e. The van der Waals surface area contributed by atoms with Gasteiger partial charge in [-0.15, -0.1) is 0 Å². The van der Waals surface area contributed by atoms with Crippen LogP contribution in [0.3, 0.4) is 0 Å². The van der Waals surface area contributed by atoms with Crippen LogP contribution in [-0.2, 0) is 13.1 Å². The molecular weight excluding hydrogens is 370 g/mol. The molecule has 8 heteroatoms. The van der Waals surface area contributed by atoms with Crippen LogP contribution in [-0.4, -0.2) is 39.8 Å². The van der Waals surface area contributed by atoms with E-state index in [2.05, 4.69) is 18.7 Å². The van der Waals surface area contributed by atoms with Crippen molar-refractivity contribution in [1.29, 1.82) is 0 Å². The maximum atomic E-state index is 12.8. The van der Waals surface area contributed by atoms with E-state index in [-0.39, 0.29) is 18.0 Å². The number of anilines is 1. The third kappa shape index (κ3) is 4.27. The van der Waals surface area contributed by atoms with Gasteiger partial charge in [-0.1, -0.05) is 38.1 Å². The molecule has 29 heavy (non-hydrogen) atoms. The number of benzene rings is 2. The van der Waals surface area contributed by atoms with Crippen molar-refractivity contribution in [3.63, 3.8) is 0 Å². The van der Waals surface area contributed by atoms with Crippen LogP contribution in [0.1, 0.15) is 24.2 Å². The molecule has 0 saturated carbocycles. The summed E-state index contributed by atoms with van der Waals surface area (Å²) in [6.07, 6.45) is 0. The van der Waals surface area contributed by atoms with Gasteiger partial charge in [0.1, 0.15) is 17.6 Å². The first-order valence-corrected chi connectivity index (χ1v) is 9.72. The normalized spacial score (nSPS) is 11.3. The van der Waals surface area contributed by atoms with Gasteiger partial charge in [-0.2, -0.15) is 0 Å². The van der Waals surface area contributed by atoms with Gasteiger partial charge in [0.15, 0.2) is 5.78 Å². The maximum absolute atomic E-state index is 12.8. The molecule has 2 N–H and O–H groups in total. The summed E-state index contributed by atoms with van der Waals surface area (Å²) >= 11 is 0. The highest BCUT2D eigenvalue weighted by Gasteiger charge is 2.24. The number of Topliss-reactive ketones (excluding diaryl/α,β-unsaturated/α-hetero) is 1. The van der Waals surface area contributed by atoms with Gasteiger partial charge >= 0.3 is 5.95 Å². The Bertz CT molecular complexity index is 1040. The SMILES string of the molecule is CCN(CC)CCn1c(N)[n+](CC(=O)c2cccc([N+](=O)[O-])c2)c2ccccc21. The zero-order chi connectivity index (χ0) is 21.0. The first kappa shape index (κ1) is 20.5. The van der Waals surface area contributed by atoms with Crippen molar-refractivity contribution in [2.45, 2.75) is 26.9 Å². The van der Waals surface area contributed by atoms with E-state index in [0.29, 0.717) is 18.1 Å². The second-order valence-electron chi connectivity index (χ2n) is 6.84. The molecule has 3 rings (SSSR count). The van der Waals surface area contributed by atoms with Gasteiger partial charge in [-0.05, 0) is 25.2 Å². The van der Waals surface area contributed by atoms with E-state index in [1.165, 1.54) is 18.2 Å². The largest absolute Gasteiger partial charge is 0.356 e. The van der Waals surface area contributed by atoms with E-state index in [4.69, 9.17) is 5.73 Å². The van der Waals surface area contributed by atoms with Crippen LogP contribution in [0.2, 0.25) is 0 Å². The van der Waals surface area contributed by atoms with Crippen molar-refractivity contribution in [3.8, 4) is 0 Å². The topological polar surface area (TPSA) is 98.3 Å². The van der Waals surface area contributed by atoms with Crippen molar-refractivity contribution in [1.82, 2.24) is 9.47 Å². The Morgan fingerprint density at radius 3 is 2.59 bits per heavy atom. The molecule has 3 aromatic rings. The predicted octanol–water partition coefficient (Wildman–Crippen LogP) is 2.64. The summed E-state index contributed by atoms with van der Waals surface area (Å²) in [6.45, 7) is 7.76. The van der Waals surface area contributed by atoms with Crippen LogP contribution < -0.4 is 10.3 Å². The van der Waals surface area contributed by atoms with E-state index in [0.717, 1.165) is 30.7 Å². The first-order chi connectivity index (χ1) is 14.0. The molecule has 1 aromatic heterocycles. The van der Waals surface area contributed by atoms with Crippen LogP contribution in [0.5, 0.6) is 0 Å². The lowest BCUT2D eigenvalue weighted by Gasteiger charge is -2.17. The predicted molar refractivity (Wildman–Crippen MR) is 112 cm³/mol. The number of fused-ring (bicyclic) bond motifs is 1. The van der Waals surface area contributed by atoms with Crippen molar-refractivity contribution < 1.29 is 14.3 Å². The average molecular weight is 396 g/mol. The summed E-state index contributed by atoms with van der Waals surface area (Å²) in [4.78, 5) is 25.7. The molecule has 0 fully saturated rings. The molecule has 0 aliphatic rings. The van der Waals surface area contributed by atoms with Gasteiger partial charge in [-0.3, -0.25) is 20.6 Å². The van der Waals surface area contributed by atoms with Crippen molar-refractivity contribution in [3.05, 3.63) is 64.2 Å². The fourth-order valence-electron chi connectivity index (χ4n) is 3.52. The van der Waals surface area contributed by atoms with Gasteiger partial charge in [0.05, 0.1) is 11.5 Å². The fourth-order valence-corrected chi connectivity index (χ4v) is 3.52. The number of aromatic nitrogens is 2. The number of imidazole rings is 1. The summed E-state index contributed by atoms with van der Waals surface area (Å²) in [5.41, 5.74) is 8.46. The quantitative estimate of drug-likeness (QED) is 0.259. The third-order valence-corrected chi connectivity index (χ3v) is 5.23. The number of carbonyl (C=O) groups is 1. The number of rotatable bonds is 9. The minimum Gasteiger partial charge on any atom is -0.301 e. The molecule has 0 unspecified atom stereocenters. The van der Waals surface area contributed by atoms with Crippen LogP contribution in [0.4, 0.5) is 11.6 Å². The highest BCUT2D eigenvalue weighted by atomic mass is 16.6. The fraction of sp³-hybridized carbons (Fsp3) is 0.333. The number of carbonyl (C=O) groups excluding carboxylic acids is 1. The zero-order valence-corrected chi connectivity index (χ0v) is 16.7. The first-order valence-electron chi connectivity index (χ1n) is 9.72. The van der Waals surface area contributed by atoms with Gasteiger partial charge in [0.2, 0.25) is 0 Å². The van der Waals surface area contributed by atoms with Gasteiger partial charge in [0.25, 0.3) is 5.69 Å². The Hall–Kier alpha value is -3.26. The molecule has 2 aromatic carbocycles. The Labute approximate surface area is 169 Å². The molecule has 0 radical (unpaired) electrons. The Balaban J connectivity index is 1.93. The van der Waals surface area contributed by atoms with Crippen molar-refractivity contribution in [2.75, 3.05) is 25.4 Å². The van der Waals surface area contributed by atoms with Crippen molar-refractivity contribution in [2.24, 2.45) is 0 Å². The Morgan fingerprint density at radius 2 is 1.90 bits per heavy atom. The lowest BCUT2D eigenvalue weighted by atomic mass is 10.1. The lowest BCUT2D eigenvalue weighted by Crippen LogP contribution is -2.40. The number of para-hydroxylation sites is 2. The molecule has 0 amide bonds. The van der Waals surface area contributed by atoms with E-state index in [9.17, 15) is 14.9 Å². The molecule has 0 spiro atoms. The zero-order valence-electron chi connectivity index (χ0n) is 16.7. The second kappa shape index (κ2) is 8.83. The number of nitro benzene ring substituents is 1. The minimum absolute atomic E-state index is 0.0196.